The van der Waals surface area contributed by atoms with E-state index < -0.39 is 12.0 Å². The highest BCUT2D eigenvalue weighted by molar-refractivity contribution is 6.30. The third kappa shape index (κ3) is 6.25. The minimum Gasteiger partial charge on any atom is -0.489 e. The zero-order valence-corrected chi connectivity index (χ0v) is 25.7. The zero-order chi connectivity index (χ0) is 31.5. The smallest absolute Gasteiger partial charge is 0.343 e. The van der Waals surface area contributed by atoms with E-state index in [1.54, 1.807) is 30.3 Å². The van der Waals surface area contributed by atoms with Crippen LogP contribution in [0.2, 0.25) is 5.02 Å². The van der Waals surface area contributed by atoms with Crippen molar-refractivity contribution in [3.05, 3.63) is 166 Å². The maximum absolute atomic E-state index is 14.2. The summed E-state index contributed by atoms with van der Waals surface area (Å²) in [7, 11) is 0. The highest BCUT2D eigenvalue weighted by atomic mass is 35.5. The Hall–Kier alpha value is -5.33. The van der Waals surface area contributed by atoms with E-state index in [0.29, 0.717) is 41.4 Å². The highest BCUT2D eigenvalue weighted by Gasteiger charge is 2.37. The van der Waals surface area contributed by atoms with Crippen molar-refractivity contribution in [3.8, 4) is 11.5 Å². The number of ketones is 1. The standard InChI is InChI=1S/C39H31ClN2O4/c40-29-19-17-26(18-20-29)39(44)46-30-12-8-11-27(21-30)38-37-34(41-32-14-5-6-15-33(32)42-38)22-28(23-35(37)43)31-13-4-7-16-36(31)45-24-25-9-2-1-3-10-25/h1-21,28,38,41-42H,22-24H2/t28-,38?/m0/s1. The molecule has 1 heterocycles. The number of esters is 1. The number of hydrogen-bond donors (Lipinski definition) is 2. The summed E-state index contributed by atoms with van der Waals surface area (Å²) in [6.45, 7) is 0.447. The Bertz CT molecular complexity index is 1940. The van der Waals surface area contributed by atoms with Gasteiger partial charge in [0.15, 0.2) is 5.78 Å². The van der Waals surface area contributed by atoms with Gasteiger partial charge in [0.25, 0.3) is 0 Å². The van der Waals surface area contributed by atoms with E-state index in [1.807, 2.05) is 91.0 Å². The molecule has 0 fully saturated rings. The molecule has 0 saturated carbocycles. The fourth-order valence-corrected chi connectivity index (χ4v) is 6.28. The van der Waals surface area contributed by atoms with E-state index in [1.165, 1.54) is 0 Å². The first-order chi connectivity index (χ1) is 22.5. The number of para-hydroxylation sites is 3. The molecule has 7 rings (SSSR count). The molecule has 5 aromatic carbocycles. The van der Waals surface area contributed by atoms with Crippen LogP contribution >= 0.6 is 11.6 Å². The third-order valence-electron chi connectivity index (χ3n) is 8.39. The van der Waals surface area contributed by atoms with Crippen LogP contribution in [-0.2, 0) is 11.4 Å². The fourth-order valence-electron chi connectivity index (χ4n) is 6.16. The van der Waals surface area contributed by atoms with E-state index in [0.717, 1.165) is 39.5 Å². The SMILES string of the molecule is O=C1C[C@@H](c2ccccc2OCc2ccccc2)CC2=C1C(c1cccc(OC(=O)c3ccc(Cl)cc3)c1)Nc1ccccc1N2. The summed E-state index contributed by atoms with van der Waals surface area (Å²) >= 11 is 5.99. The molecular formula is C39H31ClN2O4. The molecule has 2 aliphatic rings. The predicted molar refractivity (Wildman–Crippen MR) is 181 cm³/mol. The number of ether oxygens (including phenoxy) is 2. The van der Waals surface area contributed by atoms with Gasteiger partial charge in [0.2, 0.25) is 0 Å². The summed E-state index contributed by atoms with van der Waals surface area (Å²) in [5.41, 5.74) is 6.61. The second-order valence-corrected chi connectivity index (χ2v) is 11.9. The maximum atomic E-state index is 14.2. The van der Waals surface area contributed by atoms with E-state index in [4.69, 9.17) is 21.1 Å². The lowest BCUT2D eigenvalue weighted by atomic mass is 9.78. The van der Waals surface area contributed by atoms with Gasteiger partial charge in [0, 0.05) is 28.6 Å². The maximum Gasteiger partial charge on any atom is 0.343 e. The van der Waals surface area contributed by atoms with Gasteiger partial charge in [-0.1, -0.05) is 84.4 Å². The van der Waals surface area contributed by atoms with E-state index in [-0.39, 0.29) is 11.7 Å². The number of rotatable bonds is 7. The molecule has 5 aromatic rings. The van der Waals surface area contributed by atoms with Crippen molar-refractivity contribution in [3.63, 3.8) is 0 Å². The van der Waals surface area contributed by atoms with Crippen molar-refractivity contribution < 1.29 is 19.1 Å². The Morgan fingerprint density at radius 1 is 0.783 bits per heavy atom. The number of nitrogens with one attached hydrogen (secondary N) is 2. The van der Waals surface area contributed by atoms with Crippen molar-refractivity contribution in [2.24, 2.45) is 0 Å². The molecule has 0 radical (unpaired) electrons. The minimum absolute atomic E-state index is 0.0467. The van der Waals surface area contributed by atoms with Crippen molar-refractivity contribution in [2.75, 3.05) is 10.6 Å². The molecule has 0 bridgehead atoms. The molecule has 0 spiro atoms. The Balaban J connectivity index is 1.20. The Morgan fingerprint density at radius 3 is 2.35 bits per heavy atom. The first-order valence-electron chi connectivity index (χ1n) is 15.2. The molecule has 6 nitrogen and oxygen atoms in total. The van der Waals surface area contributed by atoms with Crippen LogP contribution in [0.4, 0.5) is 11.4 Å². The molecule has 0 aromatic heterocycles. The summed E-state index contributed by atoms with van der Waals surface area (Å²) in [6.07, 6.45) is 0.969. The predicted octanol–water partition coefficient (Wildman–Crippen LogP) is 9.12. The van der Waals surface area contributed by atoms with Crippen molar-refractivity contribution >= 4 is 34.7 Å². The summed E-state index contributed by atoms with van der Waals surface area (Å²) < 4.78 is 12.0. The van der Waals surface area contributed by atoms with Gasteiger partial charge in [-0.2, -0.15) is 0 Å². The summed E-state index contributed by atoms with van der Waals surface area (Å²) in [5.74, 6) is 0.665. The van der Waals surface area contributed by atoms with E-state index in [2.05, 4.69) is 16.7 Å². The highest BCUT2D eigenvalue weighted by Crippen LogP contribution is 2.46. The van der Waals surface area contributed by atoms with Crippen molar-refractivity contribution in [2.45, 2.75) is 31.4 Å². The van der Waals surface area contributed by atoms with Crippen LogP contribution in [0.15, 0.2) is 139 Å². The minimum atomic E-state index is -0.487. The largest absolute Gasteiger partial charge is 0.489 e. The molecule has 228 valence electrons. The van der Waals surface area contributed by atoms with Gasteiger partial charge in [-0.25, -0.2) is 4.79 Å². The second kappa shape index (κ2) is 13.0. The van der Waals surface area contributed by atoms with Gasteiger partial charge in [0.1, 0.15) is 18.1 Å². The van der Waals surface area contributed by atoms with Crippen LogP contribution in [0.5, 0.6) is 11.5 Å². The van der Waals surface area contributed by atoms with Crippen LogP contribution in [0.1, 0.15) is 51.8 Å². The quantitative estimate of drug-likeness (QED) is 0.139. The molecule has 0 saturated heterocycles. The number of anilines is 2. The summed E-state index contributed by atoms with van der Waals surface area (Å²) in [5, 5.41) is 7.75. The van der Waals surface area contributed by atoms with Crippen molar-refractivity contribution in [1.82, 2.24) is 0 Å². The molecule has 46 heavy (non-hydrogen) atoms. The molecule has 7 heteroatoms. The Labute approximate surface area is 272 Å². The number of halogens is 1. The molecule has 0 amide bonds. The molecule has 1 aliphatic heterocycles. The molecule has 2 atom stereocenters. The monoisotopic (exact) mass is 626 g/mol. The van der Waals surface area contributed by atoms with E-state index >= 15 is 0 Å². The van der Waals surface area contributed by atoms with Crippen molar-refractivity contribution in [1.29, 1.82) is 0 Å². The molecular weight excluding hydrogens is 596 g/mol. The van der Waals surface area contributed by atoms with Gasteiger partial charge in [-0.15, -0.1) is 0 Å². The number of allylic oxidation sites excluding steroid dienone is 1. The number of hydrogen-bond acceptors (Lipinski definition) is 6. The Kier molecular flexibility index (Phi) is 8.28. The van der Waals surface area contributed by atoms with Crippen LogP contribution in [0.3, 0.4) is 0 Å². The number of carbonyl (C=O) groups excluding carboxylic acids is 2. The van der Waals surface area contributed by atoms with E-state index in [9.17, 15) is 9.59 Å². The van der Waals surface area contributed by atoms with Gasteiger partial charge >= 0.3 is 5.97 Å². The number of Topliss-reactive ketones (excluding diaryl/α,β-unsaturated/α-hetero) is 1. The lowest BCUT2D eigenvalue weighted by molar-refractivity contribution is -0.116. The number of benzene rings is 5. The zero-order valence-electron chi connectivity index (χ0n) is 24.9. The molecule has 1 unspecified atom stereocenters. The summed E-state index contributed by atoms with van der Waals surface area (Å²) in [4.78, 5) is 27.1. The third-order valence-corrected chi connectivity index (χ3v) is 8.64. The van der Waals surface area contributed by atoms with Gasteiger partial charge in [-0.3, -0.25) is 4.79 Å². The average molecular weight is 627 g/mol. The lowest BCUT2D eigenvalue weighted by Gasteiger charge is -2.30. The topological polar surface area (TPSA) is 76.7 Å². The summed E-state index contributed by atoms with van der Waals surface area (Å²) in [6, 6.07) is 39.4. The number of carbonyl (C=O) groups is 2. The first-order valence-corrected chi connectivity index (χ1v) is 15.6. The first kappa shape index (κ1) is 29.4. The van der Waals surface area contributed by atoms with Crippen LogP contribution in [-0.4, -0.2) is 11.8 Å². The van der Waals surface area contributed by atoms with Gasteiger partial charge in [-0.05, 0) is 77.7 Å². The van der Waals surface area contributed by atoms with Crippen LogP contribution in [0.25, 0.3) is 0 Å². The Morgan fingerprint density at radius 2 is 1.52 bits per heavy atom. The van der Waals surface area contributed by atoms with Crippen LogP contribution < -0.4 is 20.1 Å². The number of fused-ring (bicyclic) bond motifs is 1. The molecule has 1 aliphatic carbocycles. The average Bonchev–Trinajstić information content (AvgIpc) is 3.25. The second-order valence-electron chi connectivity index (χ2n) is 11.4. The molecule has 2 N–H and O–H groups in total. The van der Waals surface area contributed by atoms with Crippen LogP contribution in [0, 0.1) is 0 Å². The van der Waals surface area contributed by atoms with Gasteiger partial charge < -0.3 is 20.1 Å². The van der Waals surface area contributed by atoms with Gasteiger partial charge in [0.05, 0.1) is 23.0 Å². The lowest BCUT2D eigenvalue weighted by Crippen LogP contribution is -2.27. The fraction of sp³-hybridized carbons (Fsp3) is 0.128. The normalized spacial score (nSPS) is 17.1.